The summed E-state index contributed by atoms with van der Waals surface area (Å²) in [6.07, 6.45) is 0.964. The van der Waals surface area contributed by atoms with Crippen LogP contribution in [0.4, 0.5) is 5.69 Å². The Kier molecular flexibility index (Phi) is 5.61. The SMILES string of the molecule is CCc1ccc(OCC(=O)Nc2ccc(C)cc2C)c(Br)c1. The topological polar surface area (TPSA) is 38.3 Å². The maximum absolute atomic E-state index is 12.0. The third kappa shape index (κ3) is 4.34. The summed E-state index contributed by atoms with van der Waals surface area (Å²) < 4.78 is 6.44. The van der Waals surface area contributed by atoms with Crippen LogP contribution in [0.25, 0.3) is 0 Å². The molecule has 0 aliphatic rings. The summed E-state index contributed by atoms with van der Waals surface area (Å²) in [4.78, 5) is 12.0. The first kappa shape index (κ1) is 16.6. The Morgan fingerprint density at radius 3 is 2.59 bits per heavy atom. The predicted octanol–water partition coefficient (Wildman–Crippen LogP) is 4.65. The van der Waals surface area contributed by atoms with Crippen molar-refractivity contribution in [3.8, 4) is 5.75 Å². The Morgan fingerprint density at radius 1 is 1.18 bits per heavy atom. The van der Waals surface area contributed by atoms with Gasteiger partial charge in [-0.3, -0.25) is 4.79 Å². The van der Waals surface area contributed by atoms with E-state index in [9.17, 15) is 4.79 Å². The number of amides is 1. The average Bonchev–Trinajstić information content (AvgIpc) is 2.48. The number of carbonyl (C=O) groups is 1. The third-order valence-corrected chi connectivity index (χ3v) is 4.04. The highest BCUT2D eigenvalue weighted by Crippen LogP contribution is 2.26. The smallest absolute Gasteiger partial charge is 0.262 e. The first-order valence-corrected chi connectivity index (χ1v) is 8.07. The van der Waals surface area contributed by atoms with Gasteiger partial charge in [0.15, 0.2) is 6.61 Å². The molecule has 4 heteroatoms. The Bertz CT molecular complexity index is 683. The zero-order valence-electron chi connectivity index (χ0n) is 13.1. The summed E-state index contributed by atoms with van der Waals surface area (Å²) in [6.45, 7) is 6.08. The molecular formula is C18H20BrNO2. The van der Waals surface area contributed by atoms with Gasteiger partial charge in [-0.1, -0.05) is 30.7 Å². The standard InChI is InChI=1S/C18H20BrNO2/c1-4-14-6-8-17(15(19)10-14)22-11-18(21)20-16-7-5-12(2)9-13(16)3/h5-10H,4,11H2,1-3H3,(H,20,21). The zero-order chi connectivity index (χ0) is 16.1. The third-order valence-electron chi connectivity index (χ3n) is 3.42. The molecule has 0 aromatic heterocycles. The van der Waals surface area contributed by atoms with Crippen LogP contribution in [0.2, 0.25) is 0 Å². The van der Waals surface area contributed by atoms with Crippen molar-refractivity contribution in [3.63, 3.8) is 0 Å². The van der Waals surface area contributed by atoms with E-state index in [1.807, 2.05) is 50.2 Å². The molecule has 0 saturated carbocycles. The second kappa shape index (κ2) is 7.45. The fourth-order valence-electron chi connectivity index (χ4n) is 2.16. The Hall–Kier alpha value is -1.81. The minimum atomic E-state index is -0.168. The van der Waals surface area contributed by atoms with Crippen molar-refractivity contribution < 1.29 is 9.53 Å². The molecule has 0 bridgehead atoms. The molecule has 0 heterocycles. The molecule has 3 nitrogen and oxygen atoms in total. The fraction of sp³-hybridized carbons (Fsp3) is 0.278. The van der Waals surface area contributed by atoms with Crippen molar-refractivity contribution >= 4 is 27.5 Å². The van der Waals surface area contributed by atoms with Gasteiger partial charge in [-0.2, -0.15) is 0 Å². The lowest BCUT2D eigenvalue weighted by Gasteiger charge is -2.11. The zero-order valence-corrected chi connectivity index (χ0v) is 14.7. The number of nitrogens with one attached hydrogen (secondary N) is 1. The highest BCUT2D eigenvalue weighted by molar-refractivity contribution is 9.10. The van der Waals surface area contributed by atoms with Crippen LogP contribution in [0.5, 0.6) is 5.75 Å². The molecule has 0 radical (unpaired) electrons. The summed E-state index contributed by atoms with van der Waals surface area (Å²) >= 11 is 3.47. The van der Waals surface area contributed by atoms with Crippen LogP contribution in [0.15, 0.2) is 40.9 Å². The van der Waals surface area contributed by atoms with Gasteiger partial charge in [0.2, 0.25) is 0 Å². The average molecular weight is 362 g/mol. The number of halogens is 1. The largest absolute Gasteiger partial charge is 0.483 e. The number of aryl methyl sites for hydroxylation is 3. The van der Waals surface area contributed by atoms with Crippen molar-refractivity contribution in [2.75, 3.05) is 11.9 Å². The molecule has 2 rings (SSSR count). The summed E-state index contributed by atoms with van der Waals surface area (Å²) in [5.74, 6) is 0.506. The molecule has 0 aliphatic heterocycles. The van der Waals surface area contributed by atoms with Crippen LogP contribution in [0.3, 0.4) is 0 Å². The first-order chi connectivity index (χ1) is 10.5. The van der Waals surface area contributed by atoms with Crippen LogP contribution in [0, 0.1) is 13.8 Å². The van der Waals surface area contributed by atoms with Crippen molar-refractivity contribution in [1.82, 2.24) is 0 Å². The van der Waals surface area contributed by atoms with E-state index in [2.05, 4.69) is 28.2 Å². The van der Waals surface area contributed by atoms with E-state index in [-0.39, 0.29) is 12.5 Å². The van der Waals surface area contributed by atoms with Gasteiger partial charge in [0.25, 0.3) is 5.91 Å². The maximum atomic E-state index is 12.0. The molecule has 1 amide bonds. The van der Waals surface area contributed by atoms with E-state index in [1.165, 1.54) is 11.1 Å². The number of hydrogen-bond donors (Lipinski definition) is 1. The van der Waals surface area contributed by atoms with Gasteiger partial charge in [0.05, 0.1) is 4.47 Å². The minimum absolute atomic E-state index is 0.0165. The number of rotatable bonds is 5. The van der Waals surface area contributed by atoms with Crippen LogP contribution >= 0.6 is 15.9 Å². The van der Waals surface area contributed by atoms with Gasteiger partial charge < -0.3 is 10.1 Å². The Labute approximate surface area is 139 Å². The van der Waals surface area contributed by atoms with Crippen LogP contribution in [-0.4, -0.2) is 12.5 Å². The van der Waals surface area contributed by atoms with Crippen molar-refractivity contribution in [3.05, 3.63) is 57.6 Å². The van der Waals surface area contributed by atoms with Gasteiger partial charge in [-0.25, -0.2) is 0 Å². The number of ether oxygens (including phenoxy) is 1. The molecule has 0 atom stereocenters. The molecule has 0 aliphatic carbocycles. The molecular weight excluding hydrogens is 342 g/mol. The molecule has 116 valence electrons. The predicted molar refractivity (Wildman–Crippen MR) is 93.6 cm³/mol. The fourth-order valence-corrected chi connectivity index (χ4v) is 2.71. The molecule has 0 spiro atoms. The van der Waals surface area contributed by atoms with Crippen molar-refractivity contribution in [2.45, 2.75) is 27.2 Å². The second-order valence-electron chi connectivity index (χ2n) is 5.27. The first-order valence-electron chi connectivity index (χ1n) is 7.28. The normalized spacial score (nSPS) is 10.4. The van der Waals surface area contributed by atoms with Crippen molar-refractivity contribution in [2.24, 2.45) is 0 Å². The summed E-state index contributed by atoms with van der Waals surface area (Å²) in [7, 11) is 0. The summed E-state index contributed by atoms with van der Waals surface area (Å²) in [5.41, 5.74) is 4.26. The highest BCUT2D eigenvalue weighted by Gasteiger charge is 2.08. The maximum Gasteiger partial charge on any atom is 0.262 e. The van der Waals surface area contributed by atoms with E-state index < -0.39 is 0 Å². The van der Waals surface area contributed by atoms with Crippen LogP contribution in [0.1, 0.15) is 23.6 Å². The van der Waals surface area contributed by atoms with E-state index in [0.717, 1.165) is 22.1 Å². The molecule has 22 heavy (non-hydrogen) atoms. The quantitative estimate of drug-likeness (QED) is 0.841. The van der Waals surface area contributed by atoms with Crippen LogP contribution < -0.4 is 10.1 Å². The molecule has 2 aromatic rings. The van der Waals surface area contributed by atoms with Gasteiger partial charge >= 0.3 is 0 Å². The molecule has 0 fully saturated rings. The number of carbonyl (C=O) groups excluding carboxylic acids is 1. The Morgan fingerprint density at radius 2 is 1.95 bits per heavy atom. The lowest BCUT2D eigenvalue weighted by atomic mass is 10.1. The molecule has 1 N–H and O–H groups in total. The van der Waals surface area contributed by atoms with E-state index in [4.69, 9.17) is 4.74 Å². The van der Waals surface area contributed by atoms with Gasteiger partial charge in [-0.05, 0) is 65.5 Å². The highest BCUT2D eigenvalue weighted by atomic mass is 79.9. The lowest BCUT2D eigenvalue weighted by Crippen LogP contribution is -2.20. The number of benzene rings is 2. The summed E-state index contributed by atoms with van der Waals surface area (Å²) in [5, 5.41) is 2.87. The number of hydrogen-bond acceptors (Lipinski definition) is 2. The molecule has 0 unspecified atom stereocenters. The van der Waals surface area contributed by atoms with Crippen molar-refractivity contribution in [1.29, 1.82) is 0 Å². The van der Waals surface area contributed by atoms with Gasteiger partial charge in [-0.15, -0.1) is 0 Å². The lowest BCUT2D eigenvalue weighted by molar-refractivity contribution is -0.118. The monoisotopic (exact) mass is 361 g/mol. The van der Waals surface area contributed by atoms with Gasteiger partial charge in [0, 0.05) is 5.69 Å². The van der Waals surface area contributed by atoms with E-state index >= 15 is 0 Å². The van der Waals surface area contributed by atoms with Crippen LogP contribution in [-0.2, 0) is 11.2 Å². The molecule has 2 aromatic carbocycles. The summed E-state index contributed by atoms with van der Waals surface area (Å²) in [6, 6.07) is 11.8. The number of anilines is 1. The van der Waals surface area contributed by atoms with E-state index in [1.54, 1.807) is 0 Å². The van der Waals surface area contributed by atoms with E-state index in [0.29, 0.717) is 5.75 Å². The Balaban J connectivity index is 1.95. The van der Waals surface area contributed by atoms with Gasteiger partial charge in [0.1, 0.15) is 5.75 Å². The second-order valence-corrected chi connectivity index (χ2v) is 6.13. The minimum Gasteiger partial charge on any atom is -0.483 e. The molecule has 0 saturated heterocycles.